The van der Waals surface area contributed by atoms with Crippen LogP contribution in [0, 0.1) is 0 Å². The lowest BCUT2D eigenvalue weighted by atomic mass is 10.1. The number of hydrogen-bond acceptors (Lipinski definition) is 0. The van der Waals surface area contributed by atoms with Gasteiger partial charge in [-0.05, 0) is 43.0 Å². The van der Waals surface area contributed by atoms with Crippen LogP contribution in [0.1, 0.15) is 78.1 Å². The summed E-state index contributed by atoms with van der Waals surface area (Å²) in [7, 11) is 2.51. The highest BCUT2D eigenvalue weighted by molar-refractivity contribution is 14.1. The molecule has 1 nitrogen and oxygen atoms in total. The molecule has 0 N–H and O–H groups in total. The Balaban J connectivity index is 3.96. The van der Waals surface area contributed by atoms with Crippen LogP contribution in [0.3, 0.4) is 0 Å². The largest absolute Gasteiger partial charge is 0.326 e. The van der Waals surface area contributed by atoms with Gasteiger partial charge in [0.15, 0.2) is 0 Å². The minimum atomic E-state index is 1.32. The maximum absolute atomic E-state index is 2.51. The molecule has 0 saturated carbocycles. The predicted octanol–water partition coefficient (Wildman–Crippen LogP) is 5.81. The zero-order valence-corrected chi connectivity index (χ0v) is 15.9. The van der Waals surface area contributed by atoms with Gasteiger partial charge in [0.05, 0.1) is 26.7 Å². The van der Waals surface area contributed by atoms with Crippen LogP contribution >= 0.6 is 22.6 Å². The summed E-state index contributed by atoms with van der Waals surface area (Å²) in [6, 6.07) is 0. The highest BCUT2D eigenvalue weighted by atomic mass is 127. The third kappa shape index (κ3) is 12.2. The Morgan fingerprint density at radius 3 is 1.42 bits per heavy atom. The number of nitrogens with zero attached hydrogens (tertiary/aromatic N) is 1. The molecule has 0 spiro atoms. The molecule has 0 radical (unpaired) electrons. The Bertz CT molecular complexity index is 170. The van der Waals surface area contributed by atoms with Gasteiger partial charge in [-0.15, -0.1) is 0 Å². The standard InChI is InChI=1S/C17H37IN/c1-4-6-8-11-15-19(3,17-13-10-14-18)16-12-9-7-5-2/h4-17H2,1-3H3/q+1. The second-order valence-corrected chi connectivity index (χ2v) is 7.39. The molecule has 0 aliphatic heterocycles. The van der Waals surface area contributed by atoms with E-state index in [1.807, 2.05) is 0 Å². The van der Waals surface area contributed by atoms with Crippen molar-refractivity contribution < 1.29 is 4.48 Å². The summed E-state index contributed by atoms with van der Waals surface area (Å²) in [6.07, 6.45) is 14.1. The number of halogens is 1. The van der Waals surface area contributed by atoms with Crippen molar-refractivity contribution in [1.29, 1.82) is 0 Å². The van der Waals surface area contributed by atoms with Gasteiger partial charge in [0.1, 0.15) is 0 Å². The smallest absolute Gasteiger partial charge is 0.0784 e. The van der Waals surface area contributed by atoms with E-state index in [4.69, 9.17) is 0 Å². The van der Waals surface area contributed by atoms with Crippen LogP contribution in [0.4, 0.5) is 0 Å². The summed E-state index contributed by atoms with van der Waals surface area (Å²) in [4.78, 5) is 0. The third-order valence-corrected chi connectivity index (χ3v) is 4.95. The van der Waals surface area contributed by atoms with E-state index in [0.29, 0.717) is 0 Å². The van der Waals surface area contributed by atoms with Gasteiger partial charge in [-0.25, -0.2) is 0 Å². The van der Waals surface area contributed by atoms with E-state index in [1.54, 1.807) is 0 Å². The molecule has 0 rings (SSSR count). The van der Waals surface area contributed by atoms with E-state index in [2.05, 4.69) is 43.5 Å². The second-order valence-electron chi connectivity index (χ2n) is 6.31. The summed E-state index contributed by atoms with van der Waals surface area (Å²) in [5.41, 5.74) is 0. The summed E-state index contributed by atoms with van der Waals surface area (Å²) in [5, 5.41) is 0. The van der Waals surface area contributed by atoms with Crippen molar-refractivity contribution in [3.8, 4) is 0 Å². The Morgan fingerprint density at radius 2 is 1.05 bits per heavy atom. The molecule has 0 aromatic carbocycles. The fraction of sp³-hybridized carbons (Fsp3) is 1.00. The molecule has 0 aliphatic carbocycles. The van der Waals surface area contributed by atoms with Crippen molar-refractivity contribution in [1.82, 2.24) is 0 Å². The van der Waals surface area contributed by atoms with Crippen molar-refractivity contribution >= 4 is 22.6 Å². The first-order chi connectivity index (χ1) is 9.18. The van der Waals surface area contributed by atoms with Crippen LogP contribution in [0.2, 0.25) is 0 Å². The van der Waals surface area contributed by atoms with E-state index in [-0.39, 0.29) is 0 Å². The van der Waals surface area contributed by atoms with Gasteiger partial charge in [0, 0.05) is 0 Å². The number of unbranched alkanes of at least 4 members (excludes halogenated alkanes) is 7. The fourth-order valence-electron chi connectivity index (χ4n) is 2.76. The number of quaternary nitrogens is 1. The molecule has 0 aliphatic rings. The molecule has 0 unspecified atom stereocenters. The molecule has 0 aromatic rings. The minimum absolute atomic E-state index is 1.32. The Kier molecular flexibility index (Phi) is 14.2. The molecule has 0 bridgehead atoms. The topological polar surface area (TPSA) is 0 Å². The van der Waals surface area contributed by atoms with Crippen LogP contribution < -0.4 is 0 Å². The van der Waals surface area contributed by atoms with E-state index in [9.17, 15) is 0 Å². The Hall–Kier alpha value is 0.690. The molecule has 116 valence electrons. The van der Waals surface area contributed by atoms with Gasteiger partial charge in [0.2, 0.25) is 0 Å². The van der Waals surface area contributed by atoms with Crippen LogP contribution in [0.5, 0.6) is 0 Å². The minimum Gasteiger partial charge on any atom is -0.326 e. The lowest BCUT2D eigenvalue weighted by Gasteiger charge is -2.35. The summed E-state index contributed by atoms with van der Waals surface area (Å²) in [6.45, 7) is 8.83. The first-order valence-electron chi connectivity index (χ1n) is 8.58. The van der Waals surface area contributed by atoms with Gasteiger partial charge < -0.3 is 4.48 Å². The van der Waals surface area contributed by atoms with Crippen molar-refractivity contribution in [2.45, 2.75) is 78.1 Å². The van der Waals surface area contributed by atoms with Gasteiger partial charge in [-0.2, -0.15) is 0 Å². The molecule has 0 atom stereocenters. The van der Waals surface area contributed by atoms with Crippen LogP contribution in [0.15, 0.2) is 0 Å². The molecule has 0 amide bonds. The lowest BCUT2D eigenvalue weighted by molar-refractivity contribution is -0.910. The van der Waals surface area contributed by atoms with E-state index in [1.165, 1.54) is 92.8 Å². The van der Waals surface area contributed by atoms with Gasteiger partial charge >= 0.3 is 0 Å². The summed E-state index contributed by atoms with van der Waals surface area (Å²) < 4.78 is 2.66. The van der Waals surface area contributed by atoms with Crippen LogP contribution in [-0.4, -0.2) is 35.6 Å². The second kappa shape index (κ2) is 13.7. The third-order valence-electron chi connectivity index (χ3n) is 4.18. The van der Waals surface area contributed by atoms with Gasteiger partial charge in [0.25, 0.3) is 0 Å². The first kappa shape index (κ1) is 19.7. The molecular weight excluding hydrogens is 345 g/mol. The average molecular weight is 382 g/mol. The Morgan fingerprint density at radius 1 is 0.632 bits per heavy atom. The van der Waals surface area contributed by atoms with E-state index >= 15 is 0 Å². The molecule has 19 heavy (non-hydrogen) atoms. The molecule has 0 fully saturated rings. The molecular formula is C17H37IN+. The van der Waals surface area contributed by atoms with Gasteiger partial charge in [-0.3, -0.25) is 0 Å². The number of rotatable bonds is 14. The lowest BCUT2D eigenvalue weighted by Crippen LogP contribution is -2.46. The fourth-order valence-corrected chi connectivity index (χ4v) is 3.30. The highest BCUT2D eigenvalue weighted by Gasteiger charge is 2.19. The predicted molar refractivity (Wildman–Crippen MR) is 97.2 cm³/mol. The quantitative estimate of drug-likeness (QED) is 0.154. The SMILES string of the molecule is CCCCCC[N+](C)(CCCCI)CCCCCC. The zero-order chi connectivity index (χ0) is 14.4. The van der Waals surface area contributed by atoms with E-state index in [0.717, 1.165) is 0 Å². The summed E-state index contributed by atoms with van der Waals surface area (Å²) >= 11 is 2.51. The van der Waals surface area contributed by atoms with Crippen molar-refractivity contribution in [2.75, 3.05) is 31.1 Å². The van der Waals surface area contributed by atoms with Gasteiger partial charge in [-0.1, -0.05) is 62.1 Å². The molecule has 0 saturated heterocycles. The monoisotopic (exact) mass is 382 g/mol. The Labute approximate surface area is 136 Å². The van der Waals surface area contributed by atoms with Crippen LogP contribution in [0.25, 0.3) is 0 Å². The highest BCUT2D eigenvalue weighted by Crippen LogP contribution is 2.14. The zero-order valence-electron chi connectivity index (χ0n) is 13.7. The van der Waals surface area contributed by atoms with Crippen molar-refractivity contribution in [3.63, 3.8) is 0 Å². The van der Waals surface area contributed by atoms with Crippen molar-refractivity contribution in [3.05, 3.63) is 0 Å². The number of alkyl halides is 1. The van der Waals surface area contributed by atoms with E-state index < -0.39 is 0 Å². The normalized spacial score (nSPS) is 12.0. The average Bonchev–Trinajstić information content (AvgIpc) is 2.41. The summed E-state index contributed by atoms with van der Waals surface area (Å²) in [5.74, 6) is 0. The molecule has 0 heterocycles. The molecule has 2 heteroatoms. The first-order valence-corrected chi connectivity index (χ1v) is 10.1. The number of hydrogen-bond donors (Lipinski definition) is 0. The van der Waals surface area contributed by atoms with Crippen molar-refractivity contribution in [2.24, 2.45) is 0 Å². The maximum atomic E-state index is 2.51. The molecule has 0 aromatic heterocycles. The maximum Gasteiger partial charge on any atom is 0.0784 e. The van der Waals surface area contributed by atoms with Crippen LogP contribution in [-0.2, 0) is 0 Å².